The second-order valence-corrected chi connectivity index (χ2v) is 8.88. The van der Waals surface area contributed by atoms with Gasteiger partial charge in [0, 0.05) is 37.1 Å². The van der Waals surface area contributed by atoms with E-state index in [4.69, 9.17) is 19.4 Å². The molecule has 5 rings (SSSR count). The first kappa shape index (κ1) is 22.6. The summed E-state index contributed by atoms with van der Waals surface area (Å²) in [6, 6.07) is 5.56. The van der Waals surface area contributed by atoms with Gasteiger partial charge >= 0.3 is 6.18 Å². The number of hydrogen-bond acceptors (Lipinski definition) is 7. The third-order valence-electron chi connectivity index (χ3n) is 6.50. The molecule has 1 aromatic carbocycles. The van der Waals surface area contributed by atoms with Crippen molar-refractivity contribution in [3.63, 3.8) is 0 Å². The van der Waals surface area contributed by atoms with E-state index in [0.29, 0.717) is 29.1 Å². The summed E-state index contributed by atoms with van der Waals surface area (Å²) in [6.07, 6.45) is -2.14. The number of benzene rings is 1. The Morgan fingerprint density at radius 3 is 2.71 bits per heavy atom. The Morgan fingerprint density at radius 2 is 1.97 bits per heavy atom. The Bertz CT molecular complexity index is 1210. The third-order valence-corrected chi connectivity index (χ3v) is 6.50. The smallest absolute Gasteiger partial charge is 0.419 e. The van der Waals surface area contributed by atoms with E-state index in [-0.39, 0.29) is 24.4 Å². The van der Waals surface area contributed by atoms with Gasteiger partial charge < -0.3 is 19.7 Å². The summed E-state index contributed by atoms with van der Waals surface area (Å²) in [5.41, 5.74) is 0.339. The van der Waals surface area contributed by atoms with Crippen molar-refractivity contribution < 1.29 is 22.6 Å². The summed E-state index contributed by atoms with van der Waals surface area (Å²) in [4.78, 5) is 16.2. The molecule has 0 saturated carbocycles. The van der Waals surface area contributed by atoms with E-state index >= 15 is 0 Å². The number of rotatable bonds is 2. The summed E-state index contributed by atoms with van der Waals surface area (Å²) >= 11 is 0. The van der Waals surface area contributed by atoms with Gasteiger partial charge in [-0.3, -0.25) is 0 Å². The zero-order valence-corrected chi connectivity index (χ0v) is 19.2. The minimum atomic E-state index is -4.52. The van der Waals surface area contributed by atoms with E-state index in [2.05, 4.69) is 15.2 Å². The second-order valence-electron chi connectivity index (χ2n) is 8.88. The Labute approximate surface area is 195 Å². The molecule has 7 nitrogen and oxygen atoms in total. The number of aromatic nitrogens is 3. The van der Waals surface area contributed by atoms with Crippen molar-refractivity contribution in [1.29, 1.82) is 0 Å². The number of alkyl halides is 3. The van der Waals surface area contributed by atoms with Gasteiger partial charge in [0.25, 0.3) is 0 Å². The van der Waals surface area contributed by atoms with Crippen LogP contribution in [0.3, 0.4) is 0 Å². The highest BCUT2D eigenvalue weighted by Gasteiger charge is 2.36. The predicted molar refractivity (Wildman–Crippen MR) is 122 cm³/mol. The number of fused-ring (bicyclic) bond motifs is 5. The third kappa shape index (κ3) is 4.11. The van der Waals surface area contributed by atoms with E-state index in [1.54, 1.807) is 26.3 Å². The maximum absolute atomic E-state index is 13.7. The van der Waals surface area contributed by atoms with Gasteiger partial charge in [0.15, 0.2) is 0 Å². The zero-order chi connectivity index (χ0) is 24.0. The lowest BCUT2D eigenvalue weighted by Gasteiger charge is -2.39. The lowest BCUT2D eigenvalue weighted by Crippen LogP contribution is -2.52. The Balaban J connectivity index is 1.59. The number of hydrogen-bond donors (Lipinski definition) is 1. The van der Waals surface area contributed by atoms with E-state index in [1.807, 2.05) is 13.0 Å². The van der Waals surface area contributed by atoms with Crippen molar-refractivity contribution >= 4 is 22.5 Å². The number of anilines is 2. The fourth-order valence-corrected chi connectivity index (χ4v) is 4.35. The number of para-hydroxylation sites is 1. The Kier molecular flexibility index (Phi) is 5.71. The van der Waals surface area contributed by atoms with E-state index in [1.165, 1.54) is 6.07 Å². The molecule has 3 aromatic rings. The lowest BCUT2D eigenvalue weighted by molar-refractivity contribution is -0.139. The molecule has 2 bridgehead atoms. The van der Waals surface area contributed by atoms with Crippen LogP contribution in [0.4, 0.5) is 24.8 Å². The van der Waals surface area contributed by atoms with Crippen molar-refractivity contribution in [2.45, 2.75) is 44.5 Å². The van der Waals surface area contributed by atoms with Crippen LogP contribution in [-0.2, 0) is 10.9 Å². The van der Waals surface area contributed by atoms with Crippen molar-refractivity contribution in [1.82, 2.24) is 15.0 Å². The first-order chi connectivity index (χ1) is 16.2. The van der Waals surface area contributed by atoms with Crippen LogP contribution in [0, 0.1) is 0 Å². The molecule has 0 spiro atoms. The standard InChI is InChI=1S/C24H26F3N5O2/c1-13-7-8-34-21-16(5-4-6-18(21)24(25,26)27)14(2)29-23-17-9-20(32-11-15(12-32)33-3)28-10-19(17)30-22(13)31-23/h4-6,9-10,13-15H,7-8,11-12H2,1-3H3,(H,29,30,31). The number of methoxy groups -OCH3 is 1. The minimum Gasteiger partial charge on any atom is -0.493 e. The topological polar surface area (TPSA) is 72.4 Å². The highest BCUT2D eigenvalue weighted by atomic mass is 19.4. The van der Waals surface area contributed by atoms with Crippen LogP contribution in [0.5, 0.6) is 5.75 Å². The van der Waals surface area contributed by atoms with Crippen LogP contribution in [0.1, 0.15) is 49.2 Å². The first-order valence-electron chi connectivity index (χ1n) is 11.3. The molecule has 0 aliphatic carbocycles. The van der Waals surface area contributed by atoms with Gasteiger partial charge in [0.05, 0.1) is 36.0 Å². The van der Waals surface area contributed by atoms with Gasteiger partial charge in [-0.25, -0.2) is 15.0 Å². The van der Waals surface area contributed by atoms with Crippen LogP contribution in [-0.4, -0.2) is 47.9 Å². The van der Waals surface area contributed by atoms with Crippen LogP contribution in [0.25, 0.3) is 10.9 Å². The first-order valence-corrected chi connectivity index (χ1v) is 11.3. The summed E-state index contributed by atoms with van der Waals surface area (Å²) in [6.45, 7) is 5.36. The molecule has 2 unspecified atom stereocenters. The number of ether oxygens (including phenoxy) is 2. The fourth-order valence-electron chi connectivity index (χ4n) is 4.35. The van der Waals surface area contributed by atoms with Crippen molar-refractivity contribution in [3.8, 4) is 5.75 Å². The van der Waals surface area contributed by atoms with E-state index in [9.17, 15) is 13.2 Å². The highest BCUT2D eigenvalue weighted by molar-refractivity contribution is 5.90. The normalized spacial score (nSPS) is 21.2. The molecule has 4 heterocycles. The number of pyridine rings is 1. The minimum absolute atomic E-state index is 0.114. The monoisotopic (exact) mass is 473 g/mol. The summed E-state index contributed by atoms with van der Waals surface area (Å²) in [7, 11) is 1.69. The molecule has 0 radical (unpaired) electrons. The molecule has 1 N–H and O–H groups in total. The Morgan fingerprint density at radius 1 is 1.18 bits per heavy atom. The second kappa shape index (κ2) is 8.57. The molecule has 2 atom stereocenters. The molecule has 180 valence electrons. The molecule has 2 aliphatic rings. The van der Waals surface area contributed by atoms with E-state index < -0.39 is 17.8 Å². The van der Waals surface area contributed by atoms with Gasteiger partial charge in [0.1, 0.15) is 23.2 Å². The van der Waals surface area contributed by atoms with Crippen LogP contribution < -0.4 is 15.0 Å². The molecule has 2 aromatic heterocycles. The molecular weight excluding hydrogens is 447 g/mol. The van der Waals surface area contributed by atoms with Gasteiger partial charge in [-0.05, 0) is 25.5 Å². The average molecular weight is 473 g/mol. The van der Waals surface area contributed by atoms with Gasteiger partial charge in [-0.15, -0.1) is 0 Å². The Hall–Kier alpha value is -3.14. The SMILES string of the molecule is COC1CN(c2cc3c4nc(nc3cn2)C(C)CCOc2c(cccc2C(F)(F)F)C(C)N4)C1. The number of halogens is 3. The van der Waals surface area contributed by atoms with Crippen LogP contribution in [0.2, 0.25) is 0 Å². The molecule has 1 fully saturated rings. The van der Waals surface area contributed by atoms with Crippen LogP contribution in [0.15, 0.2) is 30.5 Å². The van der Waals surface area contributed by atoms with Crippen LogP contribution >= 0.6 is 0 Å². The molecule has 2 aliphatic heterocycles. The fraction of sp³-hybridized carbons (Fsp3) is 0.458. The van der Waals surface area contributed by atoms with Crippen molar-refractivity contribution in [3.05, 3.63) is 47.4 Å². The maximum Gasteiger partial charge on any atom is 0.419 e. The molecule has 34 heavy (non-hydrogen) atoms. The quantitative estimate of drug-likeness (QED) is 0.565. The maximum atomic E-state index is 13.7. The van der Waals surface area contributed by atoms with E-state index in [0.717, 1.165) is 30.4 Å². The average Bonchev–Trinajstić information content (AvgIpc) is 2.78. The number of nitrogens with one attached hydrogen (secondary N) is 1. The highest BCUT2D eigenvalue weighted by Crippen LogP contribution is 2.42. The van der Waals surface area contributed by atoms with Gasteiger partial charge in [0.2, 0.25) is 0 Å². The number of nitrogens with zero attached hydrogens (tertiary/aromatic N) is 4. The summed E-state index contributed by atoms with van der Waals surface area (Å²) < 4.78 is 52.3. The predicted octanol–water partition coefficient (Wildman–Crippen LogP) is 4.94. The molecule has 1 saturated heterocycles. The van der Waals surface area contributed by atoms with Gasteiger partial charge in [-0.1, -0.05) is 19.1 Å². The van der Waals surface area contributed by atoms with Gasteiger partial charge in [-0.2, -0.15) is 13.2 Å². The molecular formula is C24H26F3N5O2. The molecule has 10 heteroatoms. The zero-order valence-electron chi connectivity index (χ0n) is 19.2. The van der Waals surface area contributed by atoms with Crippen molar-refractivity contribution in [2.75, 3.05) is 37.0 Å². The molecule has 0 amide bonds. The van der Waals surface area contributed by atoms with Crippen molar-refractivity contribution in [2.24, 2.45) is 0 Å². The summed E-state index contributed by atoms with van der Waals surface area (Å²) in [5, 5.41) is 4.10. The largest absolute Gasteiger partial charge is 0.493 e. The summed E-state index contributed by atoms with van der Waals surface area (Å²) in [5.74, 6) is 1.71. The lowest BCUT2D eigenvalue weighted by atomic mass is 10.0.